The lowest BCUT2D eigenvalue weighted by molar-refractivity contribution is -0.384. The van der Waals surface area contributed by atoms with E-state index in [9.17, 15) is 14.9 Å². The molecule has 0 saturated heterocycles. The zero-order valence-electron chi connectivity index (χ0n) is 22.0. The Morgan fingerprint density at radius 3 is 2.18 bits per heavy atom. The zero-order valence-corrected chi connectivity index (χ0v) is 22.0. The van der Waals surface area contributed by atoms with E-state index in [4.69, 9.17) is 13.9 Å². The van der Waals surface area contributed by atoms with Crippen LogP contribution in [0.5, 0.6) is 17.2 Å². The number of benzene rings is 3. The lowest BCUT2D eigenvalue weighted by Crippen LogP contribution is -2.11. The van der Waals surface area contributed by atoms with Crippen molar-refractivity contribution < 1.29 is 23.6 Å². The first-order chi connectivity index (χ1) is 18.0. The van der Waals surface area contributed by atoms with Gasteiger partial charge in [-0.05, 0) is 72.4 Å². The van der Waals surface area contributed by atoms with Gasteiger partial charge in [0.2, 0.25) is 0 Å². The third kappa shape index (κ3) is 6.79. The highest BCUT2D eigenvalue weighted by Crippen LogP contribution is 2.31. The number of ether oxygens (including phenoxy) is 2. The van der Waals surface area contributed by atoms with E-state index in [1.165, 1.54) is 29.8 Å². The van der Waals surface area contributed by atoms with Crippen LogP contribution in [0.15, 0.2) is 77.2 Å². The summed E-state index contributed by atoms with van der Waals surface area (Å²) in [5.41, 5.74) is 3.24. The van der Waals surface area contributed by atoms with E-state index in [1.54, 1.807) is 6.07 Å². The summed E-state index contributed by atoms with van der Waals surface area (Å²) in [4.78, 5) is 23.8. The number of nitro benzene ring substituents is 1. The van der Waals surface area contributed by atoms with Crippen LogP contribution < -0.4 is 14.8 Å². The zero-order chi connectivity index (χ0) is 27.4. The van der Waals surface area contributed by atoms with E-state index in [0.29, 0.717) is 17.3 Å². The van der Waals surface area contributed by atoms with Crippen molar-refractivity contribution in [3.8, 4) is 17.2 Å². The fraction of sp³-hybridized carbons (Fsp3) is 0.233. The van der Waals surface area contributed by atoms with Gasteiger partial charge in [-0.3, -0.25) is 14.9 Å². The van der Waals surface area contributed by atoms with Gasteiger partial charge in [-0.15, -0.1) is 0 Å². The molecule has 1 amide bonds. The SMILES string of the molecule is Cc1cc(C)cc(Oc2cc(NC(=O)c3ccc(COc4ccc(C(C)(C)C)cc4)o3)cc([N+](=O)[O-])c2)c1. The Morgan fingerprint density at radius 2 is 1.55 bits per heavy atom. The molecule has 4 aromatic rings. The number of nitrogens with one attached hydrogen (secondary N) is 1. The molecule has 0 fully saturated rings. The molecule has 8 nitrogen and oxygen atoms in total. The third-order valence-corrected chi connectivity index (χ3v) is 5.78. The van der Waals surface area contributed by atoms with Crippen molar-refractivity contribution in [2.45, 2.75) is 46.6 Å². The Morgan fingerprint density at radius 1 is 0.895 bits per heavy atom. The molecule has 0 aliphatic heterocycles. The Balaban J connectivity index is 1.44. The number of nitro groups is 1. The van der Waals surface area contributed by atoms with Crippen LogP contribution in [0.25, 0.3) is 0 Å². The van der Waals surface area contributed by atoms with Gasteiger partial charge in [-0.2, -0.15) is 0 Å². The van der Waals surface area contributed by atoms with Gasteiger partial charge < -0.3 is 19.2 Å². The lowest BCUT2D eigenvalue weighted by atomic mass is 9.87. The monoisotopic (exact) mass is 514 g/mol. The van der Waals surface area contributed by atoms with Crippen LogP contribution in [0.1, 0.15) is 53.8 Å². The van der Waals surface area contributed by atoms with Gasteiger partial charge in [0.25, 0.3) is 11.6 Å². The van der Waals surface area contributed by atoms with Crippen LogP contribution in [0.3, 0.4) is 0 Å². The Hall–Kier alpha value is -4.59. The summed E-state index contributed by atoms with van der Waals surface area (Å²) >= 11 is 0. The summed E-state index contributed by atoms with van der Waals surface area (Å²) in [7, 11) is 0. The Kier molecular flexibility index (Phi) is 7.52. The molecule has 0 aliphatic carbocycles. The van der Waals surface area contributed by atoms with Crippen LogP contribution in [-0.4, -0.2) is 10.8 Å². The summed E-state index contributed by atoms with van der Waals surface area (Å²) in [6.45, 7) is 10.4. The summed E-state index contributed by atoms with van der Waals surface area (Å²) < 4.78 is 17.3. The molecule has 1 heterocycles. The summed E-state index contributed by atoms with van der Waals surface area (Å²) in [6, 6.07) is 20.8. The highest BCUT2D eigenvalue weighted by Gasteiger charge is 2.17. The van der Waals surface area contributed by atoms with Crippen LogP contribution in [-0.2, 0) is 12.0 Å². The minimum Gasteiger partial charge on any atom is -0.486 e. The van der Waals surface area contributed by atoms with E-state index in [-0.39, 0.29) is 34.9 Å². The highest BCUT2D eigenvalue weighted by atomic mass is 16.6. The number of non-ortho nitro benzene ring substituents is 1. The normalized spacial score (nSPS) is 11.2. The quantitative estimate of drug-likeness (QED) is 0.191. The fourth-order valence-electron chi connectivity index (χ4n) is 3.92. The van der Waals surface area contributed by atoms with E-state index in [1.807, 2.05) is 56.3 Å². The van der Waals surface area contributed by atoms with Crippen molar-refractivity contribution in [3.63, 3.8) is 0 Å². The van der Waals surface area contributed by atoms with Crippen LogP contribution >= 0.6 is 0 Å². The lowest BCUT2D eigenvalue weighted by Gasteiger charge is -2.19. The predicted molar refractivity (Wildman–Crippen MR) is 145 cm³/mol. The van der Waals surface area contributed by atoms with Crippen molar-refractivity contribution in [2.75, 3.05) is 5.32 Å². The standard InChI is InChI=1S/C30H30N2O6/c1-19-12-20(2)14-26(13-19)37-27-16-22(15-23(17-27)32(34)35)31-29(33)28-11-10-25(38-28)18-36-24-8-6-21(7-9-24)30(3,4)5/h6-17H,18H2,1-5H3,(H,31,33). The number of carbonyl (C=O) groups is 1. The molecule has 4 rings (SSSR count). The van der Waals surface area contributed by atoms with Crippen molar-refractivity contribution in [1.29, 1.82) is 0 Å². The molecular weight excluding hydrogens is 484 g/mol. The molecule has 196 valence electrons. The maximum absolute atomic E-state index is 12.8. The molecule has 0 spiro atoms. The molecule has 0 bridgehead atoms. The van der Waals surface area contributed by atoms with Gasteiger partial charge in [0, 0.05) is 12.1 Å². The fourth-order valence-corrected chi connectivity index (χ4v) is 3.92. The van der Waals surface area contributed by atoms with Crippen LogP contribution in [0.2, 0.25) is 0 Å². The first-order valence-electron chi connectivity index (χ1n) is 12.2. The highest BCUT2D eigenvalue weighted by molar-refractivity contribution is 6.02. The minimum absolute atomic E-state index is 0.0491. The third-order valence-electron chi connectivity index (χ3n) is 5.78. The number of anilines is 1. The molecule has 1 N–H and O–H groups in total. The second kappa shape index (κ2) is 10.8. The average Bonchev–Trinajstić information content (AvgIpc) is 3.31. The molecule has 38 heavy (non-hydrogen) atoms. The number of nitrogens with zero attached hydrogens (tertiary/aromatic N) is 1. The first kappa shape index (κ1) is 26.5. The summed E-state index contributed by atoms with van der Waals surface area (Å²) in [6.07, 6.45) is 0. The number of amides is 1. The van der Waals surface area contributed by atoms with E-state index < -0.39 is 10.8 Å². The second-order valence-corrected chi connectivity index (χ2v) is 10.2. The molecule has 0 radical (unpaired) electrons. The summed E-state index contributed by atoms with van der Waals surface area (Å²) in [5, 5.41) is 14.1. The number of carbonyl (C=O) groups excluding carboxylic acids is 1. The van der Waals surface area contributed by atoms with Crippen LogP contribution in [0.4, 0.5) is 11.4 Å². The molecule has 0 atom stereocenters. The topological polar surface area (TPSA) is 104 Å². The second-order valence-electron chi connectivity index (χ2n) is 10.2. The first-order valence-corrected chi connectivity index (χ1v) is 12.2. The van der Waals surface area contributed by atoms with Gasteiger partial charge >= 0.3 is 0 Å². The summed E-state index contributed by atoms with van der Waals surface area (Å²) in [5.74, 6) is 1.43. The van der Waals surface area contributed by atoms with Crippen LogP contribution in [0, 0.1) is 24.0 Å². The predicted octanol–water partition coefficient (Wildman–Crippen LogP) is 7.73. The number of aryl methyl sites for hydroxylation is 2. The Bertz CT molecular complexity index is 1440. The number of furan rings is 1. The number of hydrogen-bond donors (Lipinski definition) is 1. The van der Waals surface area contributed by atoms with Crippen molar-refractivity contribution in [3.05, 3.63) is 111 Å². The maximum atomic E-state index is 12.8. The number of rotatable bonds is 8. The smallest absolute Gasteiger partial charge is 0.291 e. The van der Waals surface area contributed by atoms with Gasteiger partial charge in [0.15, 0.2) is 5.76 Å². The van der Waals surface area contributed by atoms with Gasteiger partial charge in [-0.1, -0.05) is 39.0 Å². The minimum atomic E-state index is -0.552. The largest absolute Gasteiger partial charge is 0.486 e. The van der Waals surface area contributed by atoms with E-state index >= 15 is 0 Å². The van der Waals surface area contributed by atoms with Gasteiger partial charge in [0.1, 0.15) is 29.6 Å². The maximum Gasteiger partial charge on any atom is 0.291 e. The molecule has 0 aliphatic rings. The molecule has 8 heteroatoms. The Labute approximate surface area is 221 Å². The van der Waals surface area contributed by atoms with Gasteiger partial charge in [0.05, 0.1) is 16.7 Å². The number of hydrogen-bond acceptors (Lipinski definition) is 6. The molecule has 0 unspecified atom stereocenters. The molecule has 0 saturated carbocycles. The average molecular weight is 515 g/mol. The van der Waals surface area contributed by atoms with Crippen molar-refractivity contribution in [2.24, 2.45) is 0 Å². The molecule has 1 aromatic heterocycles. The van der Waals surface area contributed by atoms with Gasteiger partial charge in [-0.25, -0.2) is 0 Å². The van der Waals surface area contributed by atoms with E-state index in [2.05, 4.69) is 26.1 Å². The van der Waals surface area contributed by atoms with Crippen molar-refractivity contribution >= 4 is 17.3 Å². The van der Waals surface area contributed by atoms with Crippen molar-refractivity contribution in [1.82, 2.24) is 0 Å². The van der Waals surface area contributed by atoms with E-state index in [0.717, 1.165) is 11.1 Å². The molecular formula is C30H30N2O6. The molecule has 3 aromatic carbocycles.